The fourth-order valence-corrected chi connectivity index (χ4v) is 2.89. The molecule has 22 heavy (non-hydrogen) atoms. The van der Waals surface area contributed by atoms with Crippen molar-refractivity contribution in [2.75, 3.05) is 0 Å². The van der Waals surface area contributed by atoms with Crippen molar-refractivity contribution in [3.63, 3.8) is 0 Å². The summed E-state index contributed by atoms with van der Waals surface area (Å²) in [5, 5.41) is 3.85. The molecule has 3 aromatic heterocycles. The van der Waals surface area contributed by atoms with E-state index in [4.69, 9.17) is 4.42 Å². The summed E-state index contributed by atoms with van der Waals surface area (Å²) in [7, 11) is -2.00. The number of hydrogen-bond acceptors (Lipinski definition) is 6. The highest BCUT2D eigenvalue weighted by atomic mass is 32.2. The third kappa shape index (κ3) is 2.90. The van der Waals surface area contributed by atoms with Gasteiger partial charge in [-0.2, -0.15) is 5.10 Å². The lowest BCUT2D eigenvalue weighted by Gasteiger charge is -2.07. The van der Waals surface area contributed by atoms with E-state index in [1.165, 1.54) is 35.8 Å². The summed E-state index contributed by atoms with van der Waals surface area (Å²) in [6, 6.07) is 1.74. The predicted octanol–water partition coefficient (Wildman–Crippen LogP) is 0.949. The normalized spacial score (nSPS) is 11.7. The van der Waals surface area contributed by atoms with Crippen LogP contribution in [0, 0.1) is 0 Å². The molecule has 0 aliphatic rings. The van der Waals surface area contributed by atoms with Gasteiger partial charge in [-0.25, -0.2) is 13.1 Å². The molecule has 0 bridgehead atoms. The van der Waals surface area contributed by atoms with Crippen LogP contribution in [0.5, 0.6) is 0 Å². The van der Waals surface area contributed by atoms with Gasteiger partial charge in [0, 0.05) is 31.2 Å². The Kier molecular flexibility index (Phi) is 3.73. The van der Waals surface area contributed by atoms with Crippen LogP contribution >= 0.6 is 0 Å². The Hall–Kier alpha value is -2.52. The smallest absolute Gasteiger partial charge is 0.244 e. The summed E-state index contributed by atoms with van der Waals surface area (Å²) < 4.78 is 33.3. The molecule has 0 fully saturated rings. The molecule has 0 aromatic carbocycles. The molecule has 114 valence electrons. The average Bonchev–Trinajstić information content (AvgIpc) is 3.17. The highest BCUT2D eigenvalue weighted by molar-refractivity contribution is 7.89. The van der Waals surface area contributed by atoms with Crippen molar-refractivity contribution in [1.29, 1.82) is 0 Å². The molecule has 0 aliphatic carbocycles. The number of aromatic nitrogens is 4. The summed E-state index contributed by atoms with van der Waals surface area (Å²) in [6.07, 6.45) is 8.82. The fourth-order valence-electron chi connectivity index (χ4n) is 1.92. The zero-order valence-corrected chi connectivity index (χ0v) is 12.5. The maximum atomic E-state index is 12.2. The molecule has 0 amide bonds. The van der Waals surface area contributed by atoms with Gasteiger partial charge in [0.25, 0.3) is 0 Å². The first kappa shape index (κ1) is 14.4. The number of nitrogens with one attached hydrogen (secondary N) is 1. The van der Waals surface area contributed by atoms with Gasteiger partial charge in [0.1, 0.15) is 4.90 Å². The van der Waals surface area contributed by atoms with Gasteiger partial charge in [0.05, 0.1) is 36.7 Å². The van der Waals surface area contributed by atoms with Crippen LogP contribution in [0.25, 0.3) is 11.3 Å². The van der Waals surface area contributed by atoms with E-state index in [9.17, 15) is 8.42 Å². The molecule has 0 saturated carbocycles. The minimum absolute atomic E-state index is 0.0194. The van der Waals surface area contributed by atoms with Crippen molar-refractivity contribution < 1.29 is 12.8 Å². The predicted molar refractivity (Wildman–Crippen MR) is 77.0 cm³/mol. The molecule has 0 spiro atoms. The second-order valence-corrected chi connectivity index (χ2v) is 6.30. The molecule has 0 aliphatic heterocycles. The van der Waals surface area contributed by atoms with Gasteiger partial charge in [-0.05, 0) is 6.07 Å². The second-order valence-electron chi connectivity index (χ2n) is 4.54. The second kappa shape index (κ2) is 5.70. The lowest BCUT2D eigenvalue weighted by atomic mass is 10.2. The highest BCUT2D eigenvalue weighted by Gasteiger charge is 2.17. The molecule has 3 rings (SSSR count). The number of nitrogens with zero attached hydrogens (tertiary/aromatic N) is 4. The largest absolute Gasteiger partial charge is 0.472 e. The van der Waals surface area contributed by atoms with Crippen LogP contribution in [0.4, 0.5) is 0 Å². The van der Waals surface area contributed by atoms with Crippen LogP contribution in [0.15, 0.2) is 52.7 Å². The first-order valence-electron chi connectivity index (χ1n) is 6.37. The standard InChI is InChI=1S/C13H13N5O3S/c1-18-8-11(6-16-18)22(19,20)17-7-12-13(15-4-3-14-12)10-2-5-21-9-10/h2-6,8-9,17H,7H2,1H3. The van der Waals surface area contributed by atoms with E-state index in [1.54, 1.807) is 19.3 Å². The summed E-state index contributed by atoms with van der Waals surface area (Å²) >= 11 is 0. The minimum atomic E-state index is -3.65. The number of sulfonamides is 1. The summed E-state index contributed by atoms with van der Waals surface area (Å²) in [4.78, 5) is 8.51. The Bertz CT molecular complexity index is 871. The van der Waals surface area contributed by atoms with Gasteiger partial charge in [-0.15, -0.1) is 0 Å². The summed E-state index contributed by atoms with van der Waals surface area (Å²) in [6.45, 7) is 0.0194. The van der Waals surface area contributed by atoms with Crippen LogP contribution in [0.2, 0.25) is 0 Å². The van der Waals surface area contributed by atoms with Crippen molar-refractivity contribution >= 4 is 10.0 Å². The Morgan fingerprint density at radius 2 is 2.14 bits per heavy atom. The van der Waals surface area contributed by atoms with Crippen molar-refractivity contribution in [2.45, 2.75) is 11.4 Å². The van der Waals surface area contributed by atoms with E-state index in [0.29, 0.717) is 11.4 Å². The van der Waals surface area contributed by atoms with Gasteiger partial charge in [-0.3, -0.25) is 14.6 Å². The lowest BCUT2D eigenvalue weighted by molar-refractivity contribution is 0.568. The monoisotopic (exact) mass is 319 g/mol. The molecule has 0 saturated heterocycles. The Balaban J connectivity index is 1.83. The molecule has 0 atom stereocenters. The molecule has 8 nitrogen and oxygen atoms in total. The Labute approximate surface area is 126 Å². The third-order valence-electron chi connectivity index (χ3n) is 2.99. The Morgan fingerprint density at radius 1 is 1.32 bits per heavy atom. The van der Waals surface area contributed by atoms with Gasteiger partial charge in [-0.1, -0.05) is 0 Å². The van der Waals surface area contributed by atoms with Crippen LogP contribution in [0.1, 0.15) is 5.69 Å². The number of aryl methyl sites for hydroxylation is 1. The minimum Gasteiger partial charge on any atom is -0.472 e. The van der Waals surface area contributed by atoms with E-state index in [0.717, 1.165) is 5.56 Å². The summed E-state index contributed by atoms with van der Waals surface area (Å²) in [5.74, 6) is 0. The zero-order chi connectivity index (χ0) is 15.6. The molecule has 3 heterocycles. The van der Waals surface area contributed by atoms with E-state index in [2.05, 4.69) is 19.8 Å². The zero-order valence-electron chi connectivity index (χ0n) is 11.7. The fraction of sp³-hybridized carbons (Fsp3) is 0.154. The molecule has 3 aromatic rings. The molecular weight excluding hydrogens is 306 g/mol. The molecule has 0 unspecified atom stereocenters. The molecule has 9 heteroatoms. The van der Waals surface area contributed by atoms with E-state index in [1.807, 2.05) is 0 Å². The van der Waals surface area contributed by atoms with Crippen molar-refractivity contribution in [1.82, 2.24) is 24.5 Å². The van der Waals surface area contributed by atoms with E-state index >= 15 is 0 Å². The number of hydrogen-bond donors (Lipinski definition) is 1. The average molecular weight is 319 g/mol. The first-order chi connectivity index (χ1) is 10.6. The maximum Gasteiger partial charge on any atom is 0.244 e. The third-order valence-corrected chi connectivity index (χ3v) is 4.35. The van der Waals surface area contributed by atoms with Crippen molar-refractivity contribution in [2.24, 2.45) is 7.05 Å². The molecular formula is C13H13N5O3S. The van der Waals surface area contributed by atoms with Crippen LogP contribution in [0.3, 0.4) is 0 Å². The van der Waals surface area contributed by atoms with Crippen LogP contribution < -0.4 is 4.72 Å². The van der Waals surface area contributed by atoms with Gasteiger partial charge in [0.2, 0.25) is 10.0 Å². The molecule has 0 radical (unpaired) electrons. The summed E-state index contributed by atoms with van der Waals surface area (Å²) in [5.41, 5.74) is 1.82. The van der Waals surface area contributed by atoms with E-state index in [-0.39, 0.29) is 11.4 Å². The number of furan rings is 1. The van der Waals surface area contributed by atoms with Crippen molar-refractivity contribution in [3.05, 3.63) is 49.1 Å². The Morgan fingerprint density at radius 3 is 2.82 bits per heavy atom. The maximum absolute atomic E-state index is 12.2. The van der Waals surface area contributed by atoms with Crippen LogP contribution in [-0.4, -0.2) is 28.2 Å². The highest BCUT2D eigenvalue weighted by Crippen LogP contribution is 2.20. The topological polar surface area (TPSA) is 103 Å². The first-order valence-corrected chi connectivity index (χ1v) is 7.85. The van der Waals surface area contributed by atoms with Gasteiger partial charge >= 0.3 is 0 Å². The quantitative estimate of drug-likeness (QED) is 0.751. The van der Waals surface area contributed by atoms with Gasteiger partial charge in [0.15, 0.2) is 0 Å². The lowest BCUT2D eigenvalue weighted by Crippen LogP contribution is -2.24. The van der Waals surface area contributed by atoms with Gasteiger partial charge < -0.3 is 4.42 Å². The van der Waals surface area contributed by atoms with Crippen molar-refractivity contribution in [3.8, 4) is 11.3 Å². The SMILES string of the molecule is Cn1cc(S(=O)(=O)NCc2nccnc2-c2ccoc2)cn1. The van der Waals surface area contributed by atoms with E-state index < -0.39 is 10.0 Å². The van der Waals surface area contributed by atoms with Crippen LogP contribution in [-0.2, 0) is 23.6 Å². The number of rotatable bonds is 5. The molecule has 1 N–H and O–H groups in total.